The van der Waals surface area contributed by atoms with Gasteiger partial charge in [-0.05, 0) is 40.1 Å². The molecule has 3 aromatic carbocycles. The number of esters is 1. The highest BCUT2D eigenvalue weighted by Gasteiger charge is 2.24. The maximum Gasteiger partial charge on any atom is 0.328 e. The summed E-state index contributed by atoms with van der Waals surface area (Å²) in [6.45, 7) is 0.330. The minimum absolute atomic E-state index is 0.328. The molecule has 1 unspecified atom stereocenters. The second-order valence-electron chi connectivity index (χ2n) is 6.55. The number of nitrogens with one attached hydrogen (secondary N) is 1. The third-order valence-corrected chi connectivity index (χ3v) is 5.20. The average molecular weight is 456 g/mol. The number of benzene rings is 3. The standard InChI is InChI=1S/C23H22BrNO4/c1-28-13-12-21(23(27)29-2)25-22(26)19-11-10-16(24)14-20(19)18-9-5-7-15-6-3-4-8-17(15)18/h3-11,14,21H,12-13H2,1-2H3,(H,25,26). The van der Waals surface area contributed by atoms with Gasteiger partial charge in [-0.25, -0.2) is 4.79 Å². The van der Waals surface area contributed by atoms with Crippen molar-refractivity contribution in [3.05, 3.63) is 70.7 Å². The number of carbonyl (C=O) groups excluding carboxylic acids is 2. The lowest BCUT2D eigenvalue weighted by atomic mass is 9.94. The normalized spacial score (nSPS) is 11.8. The van der Waals surface area contributed by atoms with E-state index in [1.54, 1.807) is 13.2 Å². The van der Waals surface area contributed by atoms with Gasteiger partial charge in [0, 0.05) is 30.2 Å². The fourth-order valence-corrected chi connectivity index (χ4v) is 3.62. The average Bonchev–Trinajstić information content (AvgIpc) is 2.75. The van der Waals surface area contributed by atoms with E-state index in [4.69, 9.17) is 9.47 Å². The lowest BCUT2D eigenvalue weighted by Gasteiger charge is -2.18. The lowest BCUT2D eigenvalue weighted by molar-refractivity contribution is -0.143. The minimum atomic E-state index is -0.781. The number of hydrogen-bond donors (Lipinski definition) is 1. The van der Waals surface area contributed by atoms with Crippen LogP contribution in [0.25, 0.3) is 21.9 Å². The third kappa shape index (κ3) is 4.83. The highest BCUT2D eigenvalue weighted by molar-refractivity contribution is 9.10. The van der Waals surface area contributed by atoms with Gasteiger partial charge in [-0.2, -0.15) is 0 Å². The zero-order valence-electron chi connectivity index (χ0n) is 16.3. The zero-order chi connectivity index (χ0) is 20.8. The van der Waals surface area contributed by atoms with Gasteiger partial charge < -0.3 is 14.8 Å². The molecule has 0 aromatic heterocycles. The van der Waals surface area contributed by atoms with Gasteiger partial charge in [0.05, 0.1) is 7.11 Å². The smallest absolute Gasteiger partial charge is 0.328 e. The van der Waals surface area contributed by atoms with Crippen molar-refractivity contribution in [2.45, 2.75) is 12.5 Å². The number of carbonyl (C=O) groups is 2. The van der Waals surface area contributed by atoms with Crippen molar-refractivity contribution < 1.29 is 19.1 Å². The maximum atomic E-state index is 13.1. The molecule has 0 aliphatic rings. The van der Waals surface area contributed by atoms with Crippen molar-refractivity contribution in [3.8, 4) is 11.1 Å². The van der Waals surface area contributed by atoms with Crippen molar-refractivity contribution in [2.24, 2.45) is 0 Å². The molecule has 0 heterocycles. The molecule has 0 radical (unpaired) electrons. The molecule has 3 rings (SSSR count). The van der Waals surface area contributed by atoms with Crippen molar-refractivity contribution in [2.75, 3.05) is 20.8 Å². The van der Waals surface area contributed by atoms with Crippen LogP contribution < -0.4 is 5.32 Å². The summed E-state index contributed by atoms with van der Waals surface area (Å²) in [4.78, 5) is 25.2. The van der Waals surface area contributed by atoms with Crippen LogP contribution in [0.2, 0.25) is 0 Å². The first kappa shape index (κ1) is 21.0. The van der Waals surface area contributed by atoms with E-state index in [1.165, 1.54) is 7.11 Å². The molecule has 0 aliphatic carbocycles. The van der Waals surface area contributed by atoms with Crippen molar-refractivity contribution >= 4 is 38.6 Å². The molecule has 5 nitrogen and oxygen atoms in total. The summed E-state index contributed by atoms with van der Waals surface area (Å²) in [6, 6.07) is 18.7. The van der Waals surface area contributed by atoms with Gasteiger partial charge in [0.1, 0.15) is 6.04 Å². The molecule has 0 aliphatic heterocycles. The fourth-order valence-electron chi connectivity index (χ4n) is 3.26. The Bertz CT molecular complexity index is 1030. The van der Waals surface area contributed by atoms with Crippen LogP contribution in [-0.4, -0.2) is 38.7 Å². The van der Waals surface area contributed by atoms with Crippen LogP contribution in [0.4, 0.5) is 0 Å². The third-order valence-electron chi connectivity index (χ3n) is 4.71. The van der Waals surface area contributed by atoms with Crippen LogP contribution in [0.5, 0.6) is 0 Å². The first-order chi connectivity index (χ1) is 14.0. The van der Waals surface area contributed by atoms with E-state index in [1.807, 2.05) is 54.6 Å². The van der Waals surface area contributed by atoms with E-state index in [-0.39, 0.29) is 5.91 Å². The van der Waals surface area contributed by atoms with E-state index in [2.05, 4.69) is 21.2 Å². The highest BCUT2D eigenvalue weighted by Crippen LogP contribution is 2.33. The van der Waals surface area contributed by atoms with E-state index in [0.717, 1.165) is 26.4 Å². The highest BCUT2D eigenvalue weighted by atomic mass is 79.9. The molecular weight excluding hydrogens is 434 g/mol. The summed E-state index contributed by atoms with van der Waals surface area (Å²) in [5.74, 6) is -0.842. The molecule has 0 bridgehead atoms. The molecule has 150 valence electrons. The van der Waals surface area contributed by atoms with E-state index >= 15 is 0 Å². The first-order valence-electron chi connectivity index (χ1n) is 9.20. The summed E-state index contributed by atoms with van der Waals surface area (Å²) in [6.07, 6.45) is 0.328. The largest absolute Gasteiger partial charge is 0.467 e. The fraction of sp³-hybridized carbons (Fsp3) is 0.217. The Morgan fingerprint density at radius 1 is 1.00 bits per heavy atom. The van der Waals surface area contributed by atoms with Crippen LogP contribution in [0.15, 0.2) is 65.1 Å². The Morgan fingerprint density at radius 2 is 1.76 bits per heavy atom. The first-order valence-corrected chi connectivity index (χ1v) is 9.99. The molecule has 1 amide bonds. The van der Waals surface area contributed by atoms with Crippen LogP contribution in [0.3, 0.4) is 0 Å². The Kier molecular flexibility index (Phi) is 7.01. The summed E-state index contributed by atoms with van der Waals surface area (Å²) >= 11 is 3.50. The molecule has 0 saturated carbocycles. The summed E-state index contributed by atoms with van der Waals surface area (Å²) < 4.78 is 10.7. The van der Waals surface area contributed by atoms with Gasteiger partial charge in [-0.15, -0.1) is 0 Å². The van der Waals surface area contributed by atoms with Gasteiger partial charge in [0.15, 0.2) is 0 Å². The summed E-state index contributed by atoms with van der Waals surface area (Å²) in [5.41, 5.74) is 2.21. The van der Waals surface area contributed by atoms with Gasteiger partial charge >= 0.3 is 5.97 Å². The number of ether oxygens (including phenoxy) is 2. The second-order valence-corrected chi connectivity index (χ2v) is 7.46. The minimum Gasteiger partial charge on any atom is -0.467 e. The lowest BCUT2D eigenvalue weighted by Crippen LogP contribution is -2.42. The van der Waals surface area contributed by atoms with Crippen LogP contribution in [-0.2, 0) is 14.3 Å². The molecule has 0 spiro atoms. The molecule has 1 atom stereocenters. The monoisotopic (exact) mass is 455 g/mol. The maximum absolute atomic E-state index is 13.1. The topological polar surface area (TPSA) is 64.6 Å². The van der Waals surface area contributed by atoms with Crippen LogP contribution >= 0.6 is 15.9 Å². The van der Waals surface area contributed by atoms with Gasteiger partial charge in [0.2, 0.25) is 0 Å². The molecular formula is C23H22BrNO4. The number of amides is 1. The Balaban J connectivity index is 2.02. The van der Waals surface area contributed by atoms with Crippen molar-refractivity contribution in [1.82, 2.24) is 5.32 Å². The molecule has 0 fully saturated rings. The van der Waals surface area contributed by atoms with Crippen LogP contribution in [0.1, 0.15) is 16.8 Å². The number of halogens is 1. The second kappa shape index (κ2) is 9.67. The van der Waals surface area contributed by atoms with Crippen molar-refractivity contribution in [1.29, 1.82) is 0 Å². The Labute approximate surface area is 178 Å². The molecule has 0 saturated heterocycles. The van der Waals surface area contributed by atoms with Crippen molar-refractivity contribution in [3.63, 3.8) is 0 Å². The number of fused-ring (bicyclic) bond motifs is 1. The van der Waals surface area contributed by atoms with E-state index < -0.39 is 12.0 Å². The quantitative estimate of drug-likeness (QED) is 0.529. The molecule has 1 N–H and O–H groups in total. The summed E-state index contributed by atoms with van der Waals surface area (Å²) in [5, 5.41) is 4.92. The van der Waals surface area contributed by atoms with Crippen LogP contribution in [0, 0.1) is 0 Å². The Hall–Kier alpha value is -2.70. The van der Waals surface area contributed by atoms with E-state index in [9.17, 15) is 9.59 Å². The number of hydrogen-bond acceptors (Lipinski definition) is 4. The molecule has 29 heavy (non-hydrogen) atoms. The molecule has 6 heteroatoms. The Morgan fingerprint density at radius 3 is 2.52 bits per heavy atom. The number of methoxy groups -OCH3 is 2. The van der Waals surface area contributed by atoms with Gasteiger partial charge in [-0.3, -0.25) is 4.79 Å². The predicted molar refractivity (Wildman–Crippen MR) is 117 cm³/mol. The summed E-state index contributed by atoms with van der Waals surface area (Å²) in [7, 11) is 2.85. The van der Waals surface area contributed by atoms with E-state index in [0.29, 0.717) is 18.6 Å². The van der Waals surface area contributed by atoms with Gasteiger partial charge in [0.25, 0.3) is 5.91 Å². The molecule has 3 aromatic rings. The van der Waals surface area contributed by atoms with Gasteiger partial charge in [-0.1, -0.05) is 58.4 Å². The SMILES string of the molecule is COCCC(NC(=O)c1ccc(Br)cc1-c1cccc2ccccc12)C(=O)OC. The number of rotatable bonds is 7. The predicted octanol–water partition coefficient (Wildman–Crippen LogP) is 4.58. The zero-order valence-corrected chi connectivity index (χ0v) is 17.9.